The highest BCUT2D eigenvalue weighted by molar-refractivity contribution is 7.89. The summed E-state index contributed by atoms with van der Waals surface area (Å²) in [4.78, 5) is 12.7. The van der Waals surface area contributed by atoms with Crippen molar-refractivity contribution < 1.29 is 17.6 Å². The van der Waals surface area contributed by atoms with Gasteiger partial charge in [0.05, 0.1) is 16.5 Å². The Kier molecular flexibility index (Phi) is 6.85. The van der Waals surface area contributed by atoms with Crippen molar-refractivity contribution in [3.05, 3.63) is 65.5 Å². The molecule has 8 heteroatoms. The van der Waals surface area contributed by atoms with Crippen molar-refractivity contribution >= 4 is 15.9 Å². The number of benzene rings is 2. The van der Waals surface area contributed by atoms with Gasteiger partial charge in [0.25, 0.3) is 0 Å². The van der Waals surface area contributed by atoms with Crippen LogP contribution in [-0.4, -0.2) is 37.8 Å². The minimum absolute atomic E-state index is 0.130. The van der Waals surface area contributed by atoms with Gasteiger partial charge in [-0.25, -0.2) is 12.8 Å². The van der Waals surface area contributed by atoms with E-state index in [4.69, 9.17) is 5.26 Å². The van der Waals surface area contributed by atoms with Crippen molar-refractivity contribution in [2.45, 2.75) is 37.1 Å². The molecule has 0 bridgehead atoms. The molecule has 6 nitrogen and oxygen atoms in total. The molecule has 1 atom stereocenters. The van der Waals surface area contributed by atoms with Gasteiger partial charge in [0.1, 0.15) is 5.82 Å². The van der Waals surface area contributed by atoms with E-state index >= 15 is 0 Å². The fourth-order valence-electron chi connectivity index (χ4n) is 3.61. The Balaban J connectivity index is 1.54. The van der Waals surface area contributed by atoms with Gasteiger partial charge in [0.15, 0.2) is 0 Å². The van der Waals surface area contributed by atoms with Gasteiger partial charge >= 0.3 is 0 Å². The zero-order valence-electron chi connectivity index (χ0n) is 16.7. The van der Waals surface area contributed by atoms with E-state index in [2.05, 4.69) is 5.32 Å². The second kappa shape index (κ2) is 9.37. The average molecular weight is 430 g/mol. The van der Waals surface area contributed by atoms with E-state index in [-0.39, 0.29) is 41.7 Å². The van der Waals surface area contributed by atoms with Gasteiger partial charge in [0, 0.05) is 25.0 Å². The zero-order valence-corrected chi connectivity index (χ0v) is 17.5. The number of nitriles is 1. The van der Waals surface area contributed by atoms with Gasteiger partial charge in [-0.2, -0.15) is 9.57 Å². The molecule has 2 aromatic carbocycles. The van der Waals surface area contributed by atoms with Crippen molar-refractivity contribution in [2.75, 3.05) is 13.1 Å². The third-order valence-corrected chi connectivity index (χ3v) is 7.23. The summed E-state index contributed by atoms with van der Waals surface area (Å²) in [5, 5.41) is 11.8. The molecule has 0 spiro atoms. The van der Waals surface area contributed by atoms with Crippen molar-refractivity contribution in [1.29, 1.82) is 5.26 Å². The first-order valence-corrected chi connectivity index (χ1v) is 11.3. The predicted molar refractivity (Wildman–Crippen MR) is 110 cm³/mol. The lowest BCUT2D eigenvalue weighted by Crippen LogP contribution is -2.45. The molecule has 1 unspecified atom stereocenters. The number of halogens is 1. The highest BCUT2D eigenvalue weighted by Gasteiger charge is 2.32. The maximum atomic E-state index is 13.8. The normalized spacial score (nSPS) is 16.6. The molecule has 1 amide bonds. The summed E-state index contributed by atoms with van der Waals surface area (Å²) in [5.41, 5.74) is 0.947. The molecule has 0 saturated carbocycles. The van der Waals surface area contributed by atoms with E-state index in [1.54, 1.807) is 18.2 Å². The van der Waals surface area contributed by atoms with Gasteiger partial charge < -0.3 is 5.32 Å². The summed E-state index contributed by atoms with van der Waals surface area (Å²) >= 11 is 0. The summed E-state index contributed by atoms with van der Waals surface area (Å²) in [6.07, 6.45) is 1.24. The van der Waals surface area contributed by atoms with Crippen LogP contribution in [0.2, 0.25) is 0 Å². The van der Waals surface area contributed by atoms with Crippen LogP contribution in [0.15, 0.2) is 53.4 Å². The number of hydrogen-bond donors (Lipinski definition) is 1. The van der Waals surface area contributed by atoms with Gasteiger partial charge in [-0.15, -0.1) is 0 Å². The minimum atomic E-state index is -3.65. The fraction of sp³-hybridized carbons (Fsp3) is 0.364. The SMILES string of the molecule is CC(Cc1ccccc1F)NC(=O)C1CCN(S(=O)(=O)c2ccc(C#N)cc2)CC1. The van der Waals surface area contributed by atoms with Crippen molar-refractivity contribution in [3.63, 3.8) is 0 Å². The van der Waals surface area contributed by atoms with E-state index in [0.717, 1.165) is 0 Å². The Morgan fingerprint density at radius 1 is 1.20 bits per heavy atom. The molecule has 1 heterocycles. The van der Waals surface area contributed by atoms with Gasteiger partial charge in [-0.1, -0.05) is 18.2 Å². The first kappa shape index (κ1) is 21.9. The fourth-order valence-corrected chi connectivity index (χ4v) is 5.08. The Hall–Kier alpha value is -2.76. The van der Waals surface area contributed by atoms with E-state index in [1.807, 2.05) is 13.0 Å². The Morgan fingerprint density at radius 3 is 2.43 bits per heavy atom. The quantitative estimate of drug-likeness (QED) is 0.765. The van der Waals surface area contributed by atoms with Crippen LogP contribution in [0.3, 0.4) is 0 Å². The number of piperidine rings is 1. The first-order chi connectivity index (χ1) is 14.3. The number of carbonyl (C=O) groups excluding carboxylic acids is 1. The van der Waals surface area contributed by atoms with Crippen LogP contribution in [-0.2, 0) is 21.2 Å². The molecular formula is C22H24FN3O3S. The van der Waals surface area contributed by atoms with Crippen LogP contribution in [0, 0.1) is 23.1 Å². The van der Waals surface area contributed by atoms with Crippen molar-refractivity contribution in [1.82, 2.24) is 9.62 Å². The van der Waals surface area contributed by atoms with Crippen LogP contribution in [0.4, 0.5) is 4.39 Å². The average Bonchev–Trinajstić information content (AvgIpc) is 2.75. The second-order valence-corrected chi connectivity index (χ2v) is 9.46. The lowest BCUT2D eigenvalue weighted by molar-refractivity contribution is -0.126. The third kappa shape index (κ3) is 5.04. The molecule has 0 aromatic heterocycles. The van der Waals surface area contributed by atoms with Crippen LogP contribution in [0.1, 0.15) is 30.9 Å². The number of rotatable bonds is 6. The lowest BCUT2D eigenvalue weighted by Gasteiger charge is -2.31. The van der Waals surface area contributed by atoms with E-state index in [0.29, 0.717) is 30.4 Å². The van der Waals surface area contributed by atoms with Crippen molar-refractivity contribution in [2.24, 2.45) is 5.92 Å². The second-order valence-electron chi connectivity index (χ2n) is 7.52. The highest BCUT2D eigenvalue weighted by atomic mass is 32.2. The molecule has 1 aliphatic heterocycles. The Bertz CT molecular complexity index is 1040. The molecule has 158 valence electrons. The molecular weight excluding hydrogens is 405 g/mol. The molecule has 3 rings (SSSR count). The van der Waals surface area contributed by atoms with Gasteiger partial charge in [-0.05, 0) is 62.1 Å². The molecule has 1 aliphatic rings. The van der Waals surface area contributed by atoms with Gasteiger partial charge in [-0.3, -0.25) is 4.79 Å². The topological polar surface area (TPSA) is 90.3 Å². The highest BCUT2D eigenvalue weighted by Crippen LogP contribution is 2.24. The summed E-state index contributed by atoms with van der Waals surface area (Å²) < 4.78 is 40.7. The van der Waals surface area contributed by atoms with Crippen LogP contribution >= 0.6 is 0 Å². The summed E-state index contributed by atoms with van der Waals surface area (Å²) in [6, 6.07) is 14.0. The molecule has 0 radical (unpaired) electrons. The van der Waals surface area contributed by atoms with Gasteiger partial charge in [0.2, 0.25) is 15.9 Å². The summed E-state index contributed by atoms with van der Waals surface area (Å²) in [6.45, 7) is 2.33. The van der Waals surface area contributed by atoms with Crippen molar-refractivity contribution in [3.8, 4) is 6.07 Å². The van der Waals surface area contributed by atoms with E-state index in [9.17, 15) is 17.6 Å². The molecule has 30 heavy (non-hydrogen) atoms. The van der Waals surface area contributed by atoms with Crippen LogP contribution in [0.25, 0.3) is 0 Å². The van der Waals surface area contributed by atoms with E-state index < -0.39 is 10.0 Å². The monoisotopic (exact) mass is 429 g/mol. The largest absolute Gasteiger partial charge is 0.353 e. The lowest BCUT2D eigenvalue weighted by atomic mass is 9.96. The van der Waals surface area contributed by atoms with E-state index in [1.165, 1.54) is 34.6 Å². The molecule has 1 saturated heterocycles. The maximum Gasteiger partial charge on any atom is 0.243 e. The molecule has 2 aromatic rings. The smallest absolute Gasteiger partial charge is 0.243 e. The summed E-state index contributed by atoms with van der Waals surface area (Å²) in [5.74, 6) is -0.699. The van der Waals surface area contributed by atoms with Crippen LogP contribution < -0.4 is 5.32 Å². The number of sulfonamides is 1. The molecule has 1 N–H and O–H groups in total. The summed E-state index contributed by atoms with van der Waals surface area (Å²) in [7, 11) is -3.65. The third-order valence-electron chi connectivity index (χ3n) is 5.32. The Labute approximate surface area is 176 Å². The maximum absolute atomic E-state index is 13.8. The number of nitrogens with one attached hydrogen (secondary N) is 1. The number of nitrogens with zero attached hydrogens (tertiary/aromatic N) is 2. The standard InChI is InChI=1S/C22H24FN3O3S/c1-16(14-19-4-2-3-5-21(19)23)25-22(27)18-10-12-26(13-11-18)30(28,29)20-8-6-17(15-24)7-9-20/h2-9,16,18H,10-14H2,1H3,(H,25,27). The minimum Gasteiger partial charge on any atom is -0.353 e. The first-order valence-electron chi connectivity index (χ1n) is 9.85. The number of hydrogen-bond acceptors (Lipinski definition) is 4. The number of carbonyl (C=O) groups is 1. The molecule has 0 aliphatic carbocycles. The molecule has 1 fully saturated rings. The Morgan fingerprint density at radius 2 is 1.83 bits per heavy atom. The number of amides is 1. The predicted octanol–water partition coefficient (Wildman–Crippen LogP) is 2.85. The zero-order chi connectivity index (χ0) is 21.7. The van der Waals surface area contributed by atoms with Crippen LogP contribution in [0.5, 0.6) is 0 Å².